The Bertz CT molecular complexity index is 859. The first-order valence-corrected chi connectivity index (χ1v) is 9.26. The smallest absolute Gasteiger partial charge is 0.160 e. The van der Waals surface area contributed by atoms with E-state index in [0.29, 0.717) is 0 Å². The van der Waals surface area contributed by atoms with E-state index >= 15 is 0 Å². The van der Waals surface area contributed by atoms with Crippen LogP contribution in [0.3, 0.4) is 0 Å². The Morgan fingerprint density at radius 1 is 1.17 bits per heavy atom. The molecule has 0 bridgehead atoms. The molecule has 4 heteroatoms. The molecule has 1 aliphatic rings. The molecule has 2 heterocycles. The van der Waals surface area contributed by atoms with Crippen LogP contribution in [-0.4, -0.2) is 21.3 Å². The third kappa shape index (κ3) is 2.74. The van der Waals surface area contributed by atoms with E-state index in [-0.39, 0.29) is 0 Å². The average molecular weight is 322 g/mol. The van der Waals surface area contributed by atoms with Gasteiger partial charge in [-0.05, 0) is 44.7 Å². The van der Waals surface area contributed by atoms with Gasteiger partial charge in [0.1, 0.15) is 0 Å². The highest BCUT2D eigenvalue weighted by atomic mass is 15.3. The van der Waals surface area contributed by atoms with Gasteiger partial charge in [-0.2, -0.15) is 5.10 Å². The number of fused-ring (bicyclic) bond motifs is 2. The molecule has 1 saturated carbocycles. The summed E-state index contributed by atoms with van der Waals surface area (Å²) >= 11 is 0. The van der Waals surface area contributed by atoms with E-state index in [9.17, 15) is 0 Å². The van der Waals surface area contributed by atoms with Crippen molar-refractivity contribution in [1.29, 1.82) is 0 Å². The van der Waals surface area contributed by atoms with Crippen molar-refractivity contribution in [1.82, 2.24) is 14.8 Å². The Morgan fingerprint density at radius 2 is 2.00 bits per heavy atom. The molecule has 0 amide bonds. The maximum Gasteiger partial charge on any atom is 0.160 e. The van der Waals surface area contributed by atoms with Gasteiger partial charge in [0, 0.05) is 18.5 Å². The van der Waals surface area contributed by atoms with Crippen molar-refractivity contribution in [3.8, 4) is 0 Å². The summed E-state index contributed by atoms with van der Waals surface area (Å²) in [6, 6.07) is 6.51. The van der Waals surface area contributed by atoms with Crippen LogP contribution < -0.4 is 5.32 Å². The third-order valence-corrected chi connectivity index (χ3v) is 5.32. The van der Waals surface area contributed by atoms with Gasteiger partial charge in [0.2, 0.25) is 0 Å². The van der Waals surface area contributed by atoms with Crippen LogP contribution >= 0.6 is 0 Å². The lowest BCUT2D eigenvalue weighted by atomic mass is 9.89. The number of anilines is 1. The fraction of sp³-hybridized carbons (Fsp3) is 0.500. The van der Waals surface area contributed by atoms with E-state index in [0.717, 1.165) is 35.6 Å². The SMILES string of the molecule is CCn1ncc2c(NCC3CCCCC3)c3cc(C)ccc3nc21. The van der Waals surface area contributed by atoms with Crippen molar-refractivity contribution in [2.75, 3.05) is 11.9 Å². The summed E-state index contributed by atoms with van der Waals surface area (Å²) in [6.07, 6.45) is 8.84. The fourth-order valence-electron chi connectivity index (χ4n) is 3.94. The van der Waals surface area contributed by atoms with Gasteiger partial charge in [0.25, 0.3) is 0 Å². The minimum atomic E-state index is 0.794. The van der Waals surface area contributed by atoms with Crippen molar-refractivity contribution in [2.24, 2.45) is 5.92 Å². The van der Waals surface area contributed by atoms with E-state index in [2.05, 4.69) is 42.5 Å². The minimum Gasteiger partial charge on any atom is -0.384 e. The van der Waals surface area contributed by atoms with Crippen LogP contribution in [0.15, 0.2) is 24.4 Å². The lowest BCUT2D eigenvalue weighted by molar-refractivity contribution is 0.373. The summed E-state index contributed by atoms with van der Waals surface area (Å²) in [5, 5.41) is 10.7. The molecule has 24 heavy (non-hydrogen) atoms. The first-order chi connectivity index (χ1) is 11.8. The van der Waals surface area contributed by atoms with Gasteiger partial charge < -0.3 is 5.32 Å². The highest BCUT2D eigenvalue weighted by Crippen LogP contribution is 2.32. The Hall–Kier alpha value is -2.10. The topological polar surface area (TPSA) is 42.7 Å². The van der Waals surface area contributed by atoms with Crippen LogP contribution in [0.4, 0.5) is 5.69 Å². The number of aromatic nitrogens is 3. The molecule has 1 fully saturated rings. The highest BCUT2D eigenvalue weighted by molar-refractivity contribution is 6.06. The number of nitrogens with zero attached hydrogens (tertiary/aromatic N) is 3. The number of rotatable bonds is 4. The third-order valence-electron chi connectivity index (χ3n) is 5.32. The predicted molar refractivity (Wildman–Crippen MR) is 101 cm³/mol. The minimum absolute atomic E-state index is 0.794. The van der Waals surface area contributed by atoms with E-state index in [1.54, 1.807) is 0 Å². The number of pyridine rings is 1. The summed E-state index contributed by atoms with van der Waals surface area (Å²) in [7, 11) is 0. The second-order valence-corrected chi connectivity index (χ2v) is 7.09. The number of hydrogen-bond acceptors (Lipinski definition) is 3. The molecule has 4 nitrogen and oxygen atoms in total. The molecule has 0 radical (unpaired) electrons. The van der Waals surface area contributed by atoms with Gasteiger partial charge in [-0.15, -0.1) is 0 Å². The van der Waals surface area contributed by atoms with E-state index in [1.807, 2.05) is 10.9 Å². The van der Waals surface area contributed by atoms with Crippen LogP contribution in [0.1, 0.15) is 44.6 Å². The molecule has 0 saturated heterocycles. The van der Waals surface area contributed by atoms with Crippen molar-refractivity contribution in [3.05, 3.63) is 30.0 Å². The maximum absolute atomic E-state index is 4.87. The summed E-state index contributed by atoms with van der Waals surface area (Å²) in [6.45, 7) is 6.15. The Morgan fingerprint density at radius 3 is 2.79 bits per heavy atom. The van der Waals surface area contributed by atoms with Crippen LogP contribution in [0.5, 0.6) is 0 Å². The quantitative estimate of drug-likeness (QED) is 0.742. The zero-order valence-corrected chi connectivity index (χ0v) is 14.7. The van der Waals surface area contributed by atoms with E-state index in [4.69, 9.17) is 4.98 Å². The van der Waals surface area contributed by atoms with Crippen LogP contribution in [0.25, 0.3) is 21.9 Å². The highest BCUT2D eigenvalue weighted by Gasteiger charge is 2.17. The van der Waals surface area contributed by atoms with Gasteiger partial charge in [0.05, 0.1) is 22.8 Å². The van der Waals surface area contributed by atoms with Crippen molar-refractivity contribution >= 4 is 27.6 Å². The van der Waals surface area contributed by atoms with Crippen molar-refractivity contribution in [2.45, 2.75) is 52.5 Å². The molecule has 126 valence electrons. The molecular weight excluding hydrogens is 296 g/mol. The molecule has 0 unspecified atom stereocenters. The molecular formula is C20H26N4. The molecule has 0 atom stereocenters. The van der Waals surface area contributed by atoms with E-state index in [1.165, 1.54) is 48.7 Å². The normalized spacial score (nSPS) is 16.1. The molecule has 3 aromatic rings. The second-order valence-electron chi connectivity index (χ2n) is 7.09. The maximum atomic E-state index is 4.87. The van der Waals surface area contributed by atoms with Crippen molar-refractivity contribution in [3.63, 3.8) is 0 Å². The largest absolute Gasteiger partial charge is 0.384 e. The van der Waals surface area contributed by atoms with Crippen LogP contribution in [0, 0.1) is 12.8 Å². The van der Waals surface area contributed by atoms with Gasteiger partial charge in [-0.1, -0.05) is 30.9 Å². The number of nitrogens with one attached hydrogen (secondary N) is 1. The summed E-state index contributed by atoms with van der Waals surface area (Å²) in [5.41, 5.74) is 4.52. The summed E-state index contributed by atoms with van der Waals surface area (Å²) < 4.78 is 1.99. The summed E-state index contributed by atoms with van der Waals surface area (Å²) in [4.78, 5) is 4.87. The molecule has 4 rings (SSSR count). The van der Waals surface area contributed by atoms with Crippen LogP contribution in [-0.2, 0) is 6.54 Å². The molecule has 1 aromatic carbocycles. The Labute approximate surface area is 143 Å². The average Bonchev–Trinajstić information content (AvgIpc) is 3.02. The molecule has 0 spiro atoms. The zero-order valence-electron chi connectivity index (χ0n) is 14.7. The zero-order chi connectivity index (χ0) is 16.5. The molecule has 2 aromatic heterocycles. The molecule has 1 N–H and O–H groups in total. The van der Waals surface area contributed by atoms with Gasteiger partial charge in [0.15, 0.2) is 5.65 Å². The van der Waals surface area contributed by atoms with Gasteiger partial charge in [-0.25, -0.2) is 9.67 Å². The van der Waals surface area contributed by atoms with Gasteiger partial charge >= 0.3 is 0 Å². The predicted octanol–water partition coefficient (Wildman–Crippen LogP) is 4.91. The lowest BCUT2D eigenvalue weighted by Crippen LogP contribution is -2.17. The monoisotopic (exact) mass is 322 g/mol. The Kier molecular flexibility index (Phi) is 4.13. The van der Waals surface area contributed by atoms with Crippen molar-refractivity contribution < 1.29 is 0 Å². The van der Waals surface area contributed by atoms with Gasteiger partial charge in [-0.3, -0.25) is 0 Å². The first-order valence-electron chi connectivity index (χ1n) is 9.26. The van der Waals surface area contributed by atoms with Crippen LogP contribution in [0.2, 0.25) is 0 Å². The number of aryl methyl sites for hydroxylation is 2. The Balaban J connectivity index is 1.79. The molecule has 0 aliphatic heterocycles. The fourth-order valence-corrected chi connectivity index (χ4v) is 3.94. The molecule has 1 aliphatic carbocycles. The lowest BCUT2D eigenvalue weighted by Gasteiger charge is -2.23. The second kappa shape index (κ2) is 6.42. The van der Waals surface area contributed by atoms with E-state index < -0.39 is 0 Å². The standard InChI is InChI=1S/C20H26N4/c1-3-24-20-17(13-22-24)19(21-12-15-7-5-4-6-8-15)16-11-14(2)9-10-18(16)23-20/h9-11,13,15H,3-8,12H2,1-2H3,(H,21,23). The number of benzene rings is 1. The summed E-state index contributed by atoms with van der Waals surface area (Å²) in [5.74, 6) is 0.794. The first kappa shape index (κ1) is 15.4. The number of hydrogen-bond donors (Lipinski definition) is 1.